The number of hydrogen-bond acceptors (Lipinski definition) is 5. The second kappa shape index (κ2) is 8.86. The van der Waals surface area contributed by atoms with Crippen LogP contribution < -0.4 is 5.32 Å². The van der Waals surface area contributed by atoms with Crippen LogP contribution in [0, 0.1) is 6.92 Å². The summed E-state index contributed by atoms with van der Waals surface area (Å²) in [5.41, 5.74) is 1.96. The second-order valence-corrected chi connectivity index (χ2v) is 9.38. The lowest BCUT2D eigenvalue weighted by atomic mass is 10.2. The molecule has 0 unspecified atom stereocenters. The maximum atomic E-state index is 12.8. The van der Waals surface area contributed by atoms with Crippen molar-refractivity contribution in [3.63, 3.8) is 0 Å². The van der Waals surface area contributed by atoms with E-state index in [2.05, 4.69) is 10.3 Å². The number of rotatable bonds is 7. The topological polar surface area (TPSA) is 79.4 Å². The molecule has 0 radical (unpaired) electrons. The molecule has 1 amide bonds. The first-order valence-electron chi connectivity index (χ1n) is 9.30. The maximum absolute atomic E-state index is 12.8. The van der Waals surface area contributed by atoms with Crippen LogP contribution in [-0.4, -0.2) is 36.7 Å². The summed E-state index contributed by atoms with van der Waals surface area (Å²) in [4.78, 5) is 17.0. The number of aromatic nitrogens is 1. The van der Waals surface area contributed by atoms with Gasteiger partial charge in [-0.2, -0.15) is 4.31 Å². The van der Waals surface area contributed by atoms with Gasteiger partial charge < -0.3 is 5.32 Å². The first-order valence-corrected chi connectivity index (χ1v) is 11.6. The number of carbonyl (C=O) groups is 1. The van der Waals surface area contributed by atoms with Crippen molar-refractivity contribution in [3.8, 4) is 0 Å². The summed E-state index contributed by atoms with van der Waals surface area (Å²) in [6, 6.07) is 12.7. The first kappa shape index (κ1) is 21.2. The molecular formula is C21H23N3O3S2. The maximum Gasteiger partial charge on any atom is 0.248 e. The van der Waals surface area contributed by atoms with Crippen LogP contribution in [0.3, 0.4) is 0 Å². The second-order valence-electron chi connectivity index (χ2n) is 6.41. The average molecular weight is 430 g/mol. The van der Waals surface area contributed by atoms with Crippen LogP contribution in [0.4, 0.5) is 5.69 Å². The molecule has 2 aromatic carbocycles. The SMILES string of the molecule is CCN(CC)S(=O)(=O)c1cc(NC(=O)/C=C/c2nc3ccccc3s2)ccc1C. The molecule has 0 bridgehead atoms. The van der Waals surface area contributed by atoms with Gasteiger partial charge in [-0.3, -0.25) is 4.79 Å². The van der Waals surface area contributed by atoms with E-state index in [9.17, 15) is 13.2 Å². The van der Waals surface area contributed by atoms with Gasteiger partial charge in [0.15, 0.2) is 0 Å². The Morgan fingerprint density at radius 2 is 1.90 bits per heavy atom. The summed E-state index contributed by atoms with van der Waals surface area (Å²) in [5.74, 6) is -0.348. The van der Waals surface area contributed by atoms with Gasteiger partial charge in [-0.1, -0.05) is 32.0 Å². The Hall–Kier alpha value is -2.55. The van der Waals surface area contributed by atoms with Crippen molar-refractivity contribution < 1.29 is 13.2 Å². The van der Waals surface area contributed by atoms with Gasteiger partial charge >= 0.3 is 0 Å². The smallest absolute Gasteiger partial charge is 0.248 e. The van der Waals surface area contributed by atoms with Gasteiger partial charge in [-0.15, -0.1) is 11.3 Å². The standard InChI is InChI=1S/C21H23N3O3S2/c1-4-24(5-2)29(26,27)19-14-16(11-10-15(19)3)22-20(25)12-13-21-23-17-8-6-7-9-18(17)28-21/h6-14H,4-5H2,1-3H3,(H,22,25)/b13-12+. The molecule has 0 aliphatic rings. The average Bonchev–Trinajstić information content (AvgIpc) is 3.11. The lowest BCUT2D eigenvalue weighted by Crippen LogP contribution is -2.31. The van der Waals surface area contributed by atoms with Crippen molar-refractivity contribution in [1.82, 2.24) is 9.29 Å². The number of sulfonamides is 1. The molecule has 0 atom stereocenters. The van der Waals surface area contributed by atoms with Gasteiger partial charge in [0.25, 0.3) is 0 Å². The Balaban J connectivity index is 1.78. The van der Waals surface area contributed by atoms with Gasteiger partial charge in [0.2, 0.25) is 15.9 Å². The monoisotopic (exact) mass is 429 g/mol. The number of aryl methyl sites for hydroxylation is 1. The van der Waals surface area contributed by atoms with E-state index in [1.165, 1.54) is 27.8 Å². The van der Waals surface area contributed by atoms with Crippen molar-refractivity contribution in [3.05, 3.63) is 59.1 Å². The van der Waals surface area contributed by atoms with Gasteiger partial charge in [0.05, 0.1) is 15.1 Å². The third-order valence-electron chi connectivity index (χ3n) is 4.47. The normalized spacial score (nSPS) is 12.1. The zero-order chi connectivity index (χ0) is 21.0. The van der Waals surface area contributed by atoms with E-state index in [4.69, 9.17) is 0 Å². The van der Waals surface area contributed by atoms with E-state index in [0.717, 1.165) is 15.2 Å². The van der Waals surface area contributed by atoms with Crippen LogP contribution >= 0.6 is 11.3 Å². The molecule has 0 fully saturated rings. The van der Waals surface area contributed by atoms with Gasteiger partial charge in [0, 0.05) is 24.9 Å². The molecule has 1 heterocycles. The highest BCUT2D eigenvalue weighted by atomic mass is 32.2. The largest absolute Gasteiger partial charge is 0.322 e. The van der Waals surface area contributed by atoms with E-state index in [1.54, 1.807) is 39.0 Å². The summed E-state index contributed by atoms with van der Waals surface area (Å²) in [7, 11) is -3.60. The molecule has 0 aliphatic carbocycles. The van der Waals surface area contributed by atoms with Gasteiger partial charge in [0.1, 0.15) is 5.01 Å². The number of nitrogens with zero attached hydrogens (tertiary/aromatic N) is 2. The molecule has 3 rings (SSSR count). The predicted molar refractivity (Wildman–Crippen MR) is 119 cm³/mol. The third kappa shape index (κ3) is 4.72. The van der Waals surface area contributed by atoms with Gasteiger partial charge in [-0.05, 0) is 42.8 Å². The van der Waals surface area contributed by atoms with Crippen molar-refractivity contribution in [1.29, 1.82) is 0 Å². The van der Waals surface area contributed by atoms with Crippen LogP contribution in [0.15, 0.2) is 53.4 Å². The molecule has 152 valence electrons. The molecule has 6 nitrogen and oxygen atoms in total. The molecule has 1 N–H and O–H groups in total. The highest BCUT2D eigenvalue weighted by Gasteiger charge is 2.23. The number of anilines is 1. The van der Waals surface area contributed by atoms with E-state index >= 15 is 0 Å². The zero-order valence-corrected chi connectivity index (χ0v) is 18.2. The summed E-state index contributed by atoms with van der Waals surface area (Å²) >= 11 is 1.50. The highest BCUT2D eigenvalue weighted by Crippen LogP contribution is 2.24. The fourth-order valence-electron chi connectivity index (χ4n) is 2.95. The minimum absolute atomic E-state index is 0.203. The lowest BCUT2D eigenvalue weighted by Gasteiger charge is -2.20. The summed E-state index contributed by atoms with van der Waals surface area (Å²) < 4.78 is 28.1. The minimum Gasteiger partial charge on any atom is -0.322 e. The van der Waals surface area contributed by atoms with E-state index < -0.39 is 10.0 Å². The van der Waals surface area contributed by atoms with E-state index in [0.29, 0.717) is 24.3 Å². The zero-order valence-electron chi connectivity index (χ0n) is 16.5. The predicted octanol–water partition coefficient (Wildman–Crippen LogP) is 4.29. The van der Waals surface area contributed by atoms with Gasteiger partial charge in [-0.25, -0.2) is 13.4 Å². The van der Waals surface area contributed by atoms with Crippen LogP contribution in [0.5, 0.6) is 0 Å². The summed E-state index contributed by atoms with van der Waals surface area (Å²) in [6.45, 7) is 6.12. The molecule has 8 heteroatoms. The van der Waals surface area contributed by atoms with E-state index in [-0.39, 0.29) is 10.8 Å². The van der Waals surface area contributed by atoms with Crippen molar-refractivity contribution in [2.75, 3.05) is 18.4 Å². The molecule has 0 spiro atoms. The molecule has 0 saturated heterocycles. The van der Waals surface area contributed by atoms with Crippen LogP contribution in [0.25, 0.3) is 16.3 Å². The van der Waals surface area contributed by atoms with E-state index in [1.807, 2.05) is 24.3 Å². The molecule has 3 aromatic rings. The number of benzene rings is 2. The number of carbonyl (C=O) groups excluding carboxylic acids is 1. The summed E-state index contributed by atoms with van der Waals surface area (Å²) in [5, 5.41) is 3.46. The number of amides is 1. The third-order valence-corrected chi connectivity index (χ3v) is 7.66. The van der Waals surface area contributed by atoms with Crippen LogP contribution in [0.2, 0.25) is 0 Å². The Bertz CT molecular complexity index is 1130. The number of hydrogen-bond donors (Lipinski definition) is 1. The minimum atomic E-state index is -3.60. The van der Waals surface area contributed by atoms with Crippen LogP contribution in [0.1, 0.15) is 24.4 Å². The number of thiazole rings is 1. The Kier molecular flexibility index (Phi) is 6.46. The fourth-order valence-corrected chi connectivity index (χ4v) is 5.53. The van der Waals surface area contributed by atoms with Crippen LogP contribution in [-0.2, 0) is 14.8 Å². The molecular weight excluding hydrogens is 406 g/mol. The molecule has 29 heavy (non-hydrogen) atoms. The lowest BCUT2D eigenvalue weighted by molar-refractivity contribution is -0.111. The number of para-hydroxylation sites is 1. The van der Waals surface area contributed by atoms with Crippen molar-refractivity contribution >= 4 is 49.2 Å². The number of fused-ring (bicyclic) bond motifs is 1. The molecule has 0 aliphatic heterocycles. The summed E-state index contributed by atoms with van der Waals surface area (Å²) in [6.07, 6.45) is 3.05. The molecule has 0 saturated carbocycles. The van der Waals surface area contributed by atoms with Crippen molar-refractivity contribution in [2.45, 2.75) is 25.7 Å². The Labute approximate surface area is 174 Å². The first-order chi connectivity index (χ1) is 13.8. The highest BCUT2D eigenvalue weighted by molar-refractivity contribution is 7.89. The quantitative estimate of drug-likeness (QED) is 0.568. The Morgan fingerprint density at radius 1 is 1.17 bits per heavy atom. The molecule has 1 aromatic heterocycles. The van der Waals surface area contributed by atoms with Crippen molar-refractivity contribution in [2.24, 2.45) is 0 Å². The number of nitrogens with one attached hydrogen (secondary N) is 1. The Morgan fingerprint density at radius 3 is 2.59 bits per heavy atom. The fraction of sp³-hybridized carbons (Fsp3) is 0.238.